The lowest BCUT2D eigenvalue weighted by Gasteiger charge is -2.46. The summed E-state index contributed by atoms with van der Waals surface area (Å²) in [5.74, 6) is -0.796. The number of likely N-dealkylation sites (tertiary alicyclic amines) is 1. The van der Waals surface area contributed by atoms with Crippen molar-refractivity contribution >= 4 is 44.1 Å². The van der Waals surface area contributed by atoms with Crippen molar-refractivity contribution in [2.24, 2.45) is 0 Å². The monoisotopic (exact) mass is 570 g/mol. The van der Waals surface area contributed by atoms with Crippen LogP contribution in [0.3, 0.4) is 0 Å². The van der Waals surface area contributed by atoms with Crippen LogP contribution in [0, 0.1) is 5.82 Å². The third-order valence-corrected chi connectivity index (χ3v) is 7.80. The average molecular weight is 571 g/mol. The first-order valence-corrected chi connectivity index (χ1v) is 14.7. The summed E-state index contributed by atoms with van der Waals surface area (Å²) in [6.45, 7) is 6.66. The van der Waals surface area contributed by atoms with Gasteiger partial charge in [0.1, 0.15) is 23.5 Å². The highest BCUT2D eigenvalue weighted by Gasteiger charge is 2.59. The molecular formula is C27H31FN6O5S. The molecule has 0 unspecified atom stereocenters. The first kappa shape index (κ1) is 27.7. The normalized spacial score (nSPS) is 16.0. The van der Waals surface area contributed by atoms with Gasteiger partial charge in [-0.25, -0.2) is 17.8 Å². The number of hydrogen-bond donors (Lipinski definition) is 2. The van der Waals surface area contributed by atoms with Crippen molar-refractivity contribution in [2.45, 2.75) is 32.2 Å². The second-order valence-electron chi connectivity index (χ2n) is 10.6. The van der Waals surface area contributed by atoms with Crippen LogP contribution >= 0.6 is 0 Å². The fourth-order valence-corrected chi connectivity index (χ4v) is 5.87. The second-order valence-corrected chi connectivity index (χ2v) is 12.3. The van der Waals surface area contributed by atoms with E-state index in [0.717, 1.165) is 6.26 Å². The zero-order valence-corrected chi connectivity index (χ0v) is 23.7. The van der Waals surface area contributed by atoms with E-state index in [1.165, 1.54) is 30.2 Å². The number of nitrogens with one attached hydrogen (secondary N) is 2. The van der Waals surface area contributed by atoms with E-state index in [-0.39, 0.29) is 54.7 Å². The van der Waals surface area contributed by atoms with Gasteiger partial charge in [-0.15, -0.1) is 0 Å². The number of nitrogens with zero attached hydrogens (tertiary/aromatic N) is 4. The number of likely N-dealkylation sites (N-methyl/N-ethyl adjacent to an activating group) is 1. The van der Waals surface area contributed by atoms with Crippen LogP contribution in [-0.2, 0) is 25.0 Å². The number of benzene rings is 1. The van der Waals surface area contributed by atoms with Crippen LogP contribution in [-0.4, -0.2) is 80.7 Å². The number of carbonyl (C=O) groups is 2. The van der Waals surface area contributed by atoms with Gasteiger partial charge in [-0.05, 0) is 12.1 Å². The third kappa shape index (κ3) is 4.83. The molecule has 0 atom stereocenters. The fraction of sp³-hybridized carbons (Fsp3) is 0.407. The molecule has 11 nitrogen and oxygen atoms in total. The second kappa shape index (κ2) is 9.97. The molecule has 40 heavy (non-hydrogen) atoms. The largest absolute Gasteiger partial charge is 0.475 e. The first-order valence-electron chi connectivity index (χ1n) is 12.8. The molecule has 0 bridgehead atoms. The van der Waals surface area contributed by atoms with Crippen molar-refractivity contribution in [3.63, 3.8) is 0 Å². The third-order valence-electron chi connectivity index (χ3n) is 7.21. The maximum Gasteiger partial charge on any atom is 0.241 e. The maximum absolute atomic E-state index is 15.5. The van der Waals surface area contributed by atoms with E-state index >= 15 is 4.39 Å². The van der Waals surface area contributed by atoms with E-state index in [0.29, 0.717) is 34.3 Å². The number of anilines is 2. The number of ether oxygens (including phenoxy) is 1. The molecule has 5 rings (SSSR count). The Morgan fingerprint density at radius 2 is 1.93 bits per heavy atom. The van der Waals surface area contributed by atoms with E-state index < -0.39 is 21.3 Å². The van der Waals surface area contributed by atoms with Crippen molar-refractivity contribution in [3.05, 3.63) is 42.0 Å². The molecule has 1 aromatic carbocycles. The highest BCUT2D eigenvalue weighted by molar-refractivity contribution is 7.92. The molecule has 1 saturated heterocycles. The predicted octanol–water partition coefficient (Wildman–Crippen LogP) is 2.26. The summed E-state index contributed by atoms with van der Waals surface area (Å²) in [7, 11) is -2.04. The quantitative estimate of drug-likeness (QED) is 0.394. The van der Waals surface area contributed by atoms with Gasteiger partial charge < -0.3 is 19.9 Å². The molecule has 13 heteroatoms. The van der Waals surface area contributed by atoms with E-state index in [9.17, 15) is 18.0 Å². The Morgan fingerprint density at radius 3 is 2.58 bits per heavy atom. The van der Waals surface area contributed by atoms with Gasteiger partial charge in [0.25, 0.3) is 0 Å². The van der Waals surface area contributed by atoms with Gasteiger partial charge in [-0.2, -0.15) is 0 Å². The van der Waals surface area contributed by atoms with E-state index in [1.54, 1.807) is 24.2 Å². The van der Waals surface area contributed by atoms with Crippen LogP contribution in [0.15, 0.2) is 30.6 Å². The number of fused-ring (bicyclic) bond motifs is 4. The minimum atomic E-state index is -3.70. The number of carbonyl (C=O) groups excluding carboxylic acids is 2. The predicted molar refractivity (Wildman–Crippen MR) is 149 cm³/mol. The summed E-state index contributed by atoms with van der Waals surface area (Å²) < 4.78 is 47.8. The SMILES string of the molecule is CC(=O)N1CC2(C1)C(=O)N(C)c1cnc3cc(F)c(-c4cnc(OCCNC(C)C)c(NS(C)(=O)=O)c4)cc3c12. The van der Waals surface area contributed by atoms with E-state index in [1.807, 2.05) is 13.8 Å². The van der Waals surface area contributed by atoms with Crippen LogP contribution in [0.4, 0.5) is 15.8 Å². The molecule has 0 radical (unpaired) electrons. The summed E-state index contributed by atoms with van der Waals surface area (Å²) in [6, 6.07) is 4.61. The Morgan fingerprint density at radius 1 is 1.20 bits per heavy atom. The molecule has 0 aliphatic carbocycles. The Labute approximate surface area is 231 Å². The minimum absolute atomic E-state index is 0.0634. The molecule has 1 spiro atoms. The summed E-state index contributed by atoms with van der Waals surface area (Å²) in [5, 5.41) is 3.78. The van der Waals surface area contributed by atoms with Crippen molar-refractivity contribution < 1.29 is 27.1 Å². The van der Waals surface area contributed by atoms with Gasteiger partial charge in [0.15, 0.2) is 0 Å². The smallest absolute Gasteiger partial charge is 0.241 e. The highest BCUT2D eigenvalue weighted by Crippen LogP contribution is 2.50. The number of halogens is 1. The van der Waals surface area contributed by atoms with Crippen molar-refractivity contribution in [1.29, 1.82) is 0 Å². The Bertz CT molecular complexity index is 1640. The molecule has 1 fully saturated rings. The highest BCUT2D eigenvalue weighted by atomic mass is 32.2. The van der Waals surface area contributed by atoms with Crippen LogP contribution < -0.4 is 19.7 Å². The van der Waals surface area contributed by atoms with E-state index in [4.69, 9.17) is 4.74 Å². The van der Waals surface area contributed by atoms with Gasteiger partial charge in [0.2, 0.25) is 27.7 Å². The lowest BCUT2D eigenvalue weighted by atomic mass is 9.73. The van der Waals surface area contributed by atoms with Crippen molar-refractivity contribution in [2.75, 3.05) is 49.2 Å². The zero-order valence-electron chi connectivity index (χ0n) is 22.9. The zero-order chi connectivity index (χ0) is 29.0. The Balaban J connectivity index is 1.59. The van der Waals surface area contributed by atoms with E-state index in [2.05, 4.69) is 20.0 Å². The molecule has 3 aromatic rings. The Hall–Kier alpha value is -3.84. The lowest BCUT2D eigenvalue weighted by molar-refractivity contribution is -0.142. The van der Waals surface area contributed by atoms with Crippen LogP contribution in [0.25, 0.3) is 22.0 Å². The molecule has 2 amide bonds. The molecule has 2 aliphatic heterocycles. The standard InChI is InChI=1S/C27H31FN6O5S/c1-15(2)29-6-7-39-25-22(32-40(5,37)38)8-17(11-31-25)18-9-19-21(10-20(18)28)30-12-23-24(19)27(26(36)33(23)4)13-34(14-27)16(3)35/h8-12,15,29,32H,6-7,13-14H2,1-5H3. The van der Waals surface area contributed by atoms with Crippen LogP contribution in [0.2, 0.25) is 0 Å². The molecule has 2 aliphatic rings. The van der Waals surface area contributed by atoms with Gasteiger partial charge in [0.05, 0.1) is 23.7 Å². The fourth-order valence-electron chi connectivity index (χ4n) is 5.32. The summed E-state index contributed by atoms with van der Waals surface area (Å²) in [5.41, 5.74) is 1.26. The van der Waals surface area contributed by atoms with Crippen LogP contribution in [0.5, 0.6) is 5.88 Å². The molecule has 212 valence electrons. The number of rotatable bonds is 8. The maximum atomic E-state index is 15.5. The number of sulfonamides is 1. The molecule has 0 saturated carbocycles. The van der Waals surface area contributed by atoms with Gasteiger partial charge in [0, 0.05) is 74.0 Å². The van der Waals surface area contributed by atoms with Gasteiger partial charge in [-0.3, -0.25) is 19.3 Å². The number of aromatic nitrogens is 2. The number of amides is 2. The average Bonchev–Trinajstić information content (AvgIpc) is 3.07. The van der Waals surface area contributed by atoms with Crippen molar-refractivity contribution in [3.8, 4) is 17.0 Å². The van der Waals surface area contributed by atoms with Gasteiger partial charge >= 0.3 is 0 Å². The summed E-state index contributed by atoms with van der Waals surface area (Å²) >= 11 is 0. The number of hydrogen-bond acceptors (Lipinski definition) is 8. The topological polar surface area (TPSA) is 134 Å². The first-order chi connectivity index (χ1) is 18.8. The number of pyridine rings is 2. The molecule has 2 aromatic heterocycles. The lowest BCUT2D eigenvalue weighted by Crippen LogP contribution is -2.64. The van der Waals surface area contributed by atoms with Gasteiger partial charge in [-0.1, -0.05) is 13.8 Å². The molecular weight excluding hydrogens is 539 g/mol. The summed E-state index contributed by atoms with van der Waals surface area (Å²) in [4.78, 5) is 37.1. The molecule has 4 heterocycles. The van der Waals surface area contributed by atoms with Crippen LogP contribution in [0.1, 0.15) is 26.3 Å². The summed E-state index contributed by atoms with van der Waals surface area (Å²) in [6.07, 6.45) is 3.97. The Kier molecular flexibility index (Phi) is 6.91. The molecule has 2 N–H and O–H groups in total. The van der Waals surface area contributed by atoms with Crippen molar-refractivity contribution in [1.82, 2.24) is 20.2 Å². The minimum Gasteiger partial charge on any atom is -0.475 e.